The van der Waals surface area contributed by atoms with Gasteiger partial charge in [-0.25, -0.2) is 8.78 Å². The number of ether oxygens (including phenoxy) is 1. The smallest absolute Gasteiger partial charge is 0.255 e. The van der Waals surface area contributed by atoms with Gasteiger partial charge in [-0.05, 0) is 0 Å². The Bertz CT molecular complexity index is 214. The van der Waals surface area contributed by atoms with Gasteiger partial charge in [0.05, 0.1) is 25.7 Å². The fourth-order valence-electron chi connectivity index (χ4n) is 1.41. The second-order valence-corrected chi connectivity index (χ2v) is 3.57. The predicted molar refractivity (Wildman–Crippen MR) is 58.1 cm³/mol. The van der Waals surface area contributed by atoms with Crippen LogP contribution < -0.4 is 5.32 Å². The minimum absolute atomic E-state index is 0. The van der Waals surface area contributed by atoms with E-state index in [2.05, 4.69) is 5.32 Å². The number of carbonyl (C=O) groups is 1. The normalized spacial score (nSPS) is 20.4. The summed E-state index contributed by atoms with van der Waals surface area (Å²) in [5, 5.41) is 3.08. The molecule has 1 N–H and O–H groups in total. The summed E-state index contributed by atoms with van der Waals surface area (Å²) >= 11 is 0. The Labute approximate surface area is 99.7 Å². The maximum absolute atomic E-state index is 12.0. The van der Waals surface area contributed by atoms with E-state index >= 15 is 0 Å². The summed E-state index contributed by atoms with van der Waals surface area (Å²) in [7, 11) is 1.38. The molecule has 0 radical (unpaired) electrons. The van der Waals surface area contributed by atoms with E-state index in [0.717, 1.165) is 11.4 Å². The lowest BCUT2D eigenvalue weighted by Gasteiger charge is -2.25. The Morgan fingerprint density at radius 1 is 1.62 bits per heavy atom. The van der Waals surface area contributed by atoms with Gasteiger partial charge in [0, 0.05) is 20.1 Å². The number of morpholine rings is 1. The molecule has 0 aliphatic carbocycles. The zero-order valence-electron chi connectivity index (χ0n) is 9.12. The number of carbonyl (C=O) groups excluding carboxylic acids is 1. The molecule has 1 fully saturated rings. The number of halogens is 3. The van der Waals surface area contributed by atoms with Crippen LogP contribution in [0.25, 0.3) is 0 Å². The number of nitrogens with one attached hydrogen (secondary N) is 1. The van der Waals surface area contributed by atoms with Gasteiger partial charge in [-0.2, -0.15) is 0 Å². The van der Waals surface area contributed by atoms with E-state index in [-0.39, 0.29) is 30.8 Å². The molecule has 0 spiro atoms. The number of hydrogen-bond acceptors (Lipinski definition) is 3. The Balaban J connectivity index is 0.00000225. The van der Waals surface area contributed by atoms with E-state index in [1.54, 1.807) is 0 Å². The molecule has 1 rings (SSSR count). The molecule has 16 heavy (non-hydrogen) atoms. The van der Waals surface area contributed by atoms with E-state index in [0.29, 0.717) is 13.2 Å². The van der Waals surface area contributed by atoms with Crippen molar-refractivity contribution < 1.29 is 18.3 Å². The number of alkyl halides is 2. The minimum atomic E-state index is -2.48. The summed E-state index contributed by atoms with van der Waals surface area (Å²) < 4.78 is 29.3. The Kier molecular flexibility index (Phi) is 7.53. The first-order chi connectivity index (χ1) is 7.09. The average molecular weight is 259 g/mol. The zero-order chi connectivity index (χ0) is 11.3. The number of amides is 1. The highest BCUT2D eigenvalue weighted by Gasteiger charge is 2.21. The fourth-order valence-corrected chi connectivity index (χ4v) is 1.41. The van der Waals surface area contributed by atoms with Gasteiger partial charge < -0.3 is 15.0 Å². The maximum atomic E-state index is 12.0. The maximum Gasteiger partial charge on any atom is 0.255 e. The molecule has 1 aliphatic heterocycles. The topological polar surface area (TPSA) is 41.6 Å². The molecule has 0 saturated carbocycles. The van der Waals surface area contributed by atoms with Crippen molar-refractivity contribution in [2.75, 3.05) is 33.3 Å². The second-order valence-electron chi connectivity index (χ2n) is 3.57. The van der Waals surface area contributed by atoms with E-state index in [4.69, 9.17) is 4.74 Å². The Morgan fingerprint density at radius 2 is 2.31 bits per heavy atom. The van der Waals surface area contributed by atoms with Gasteiger partial charge in [0.15, 0.2) is 0 Å². The molecule has 1 atom stereocenters. The average Bonchev–Trinajstić information content (AvgIpc) is 2.18. The van der Waals surface area contributed by atoms with Crippen LogP contribution in [0, 0.1) is 0 Å². The lowest BCUT2D eigenvalue weighted by molar-refractivity contribution is -0.135. The minimum Gasteiger partial charge on any atom is -0.375 e. The molecule has 0 aromatic carbocycles. The Hall–Kier alpha value is -0.460. The first-order valence-electron chi connectivity index (χ1n) is 4.94. The first kappa shape index (κ1) is 15.5. The first-order valence-corrected chi connectivity index (χ1v) is 4.94. The highest BCUT2D eigenvalue weighted by Crippen LogP contribution is 2.05. The highest BCUT2D eigenvalue weighted by molar-refractivity contribution is 5.85. The molecule has 1 aliphatic rings. The predicted octanol–water partition coefficient (Wildman–Crippen LogP) is 0.510. The van der Waals surface area contributed by atoms with Crippen LogP contribution in [-0.4, -0.2) is 56.6 Å². The highest BCUT2D eigenvalue weighted by atomic mass is 35.5. The van der Waals surface area contributed by atoms with Crippen LogP contribution in [0.15, 0.2) is 0 Å². The molecule has 96 valence electrons. The van der Waals surface area contributed by atoms with Gasteiger partial charge in [-0.3, -0.25) is 4.79 Å². The number of rotatable bonds is 4. The van der Waals surface area contributed by atoms with Crippen molar-refractivity contribution in [3.8, 4) is 0 Å². The zero-order valence-corrected chi connectivity index (χ0v) is 9.93. The molecule has 0 bridgehead atoms. The van der Waals surface area contributed by atoms with Gasteiger partial charge in [0.25, 0.3) is 6.43 Å². The molecule has 1 saturated heterocycles. The Morgan fingerprint density at radius 3 is 2.81 bits per heavy atom. The van der Waals surface area contributed by atoms with Crippen LogP contribution in [0.5, 0.6) is 0 Å². The van der Waals surface area contributed by atoms with Gasteiger partial charge in [0.2, 0.25) is 5.91 Å². The molecule has 0 aromatic heterocycles. The van der Waals surface area contributed by atoms with Crippen molar-refractivity contribution >= 4 is 18.3 Å². The van der Waals surface area contributed by atoms with Crippen LogP contribution in [-0.2, 0) is 9.53 Å². The van der Waals surface area contributed by atoms with Crippen molar-refractivity contribution in [3.63, 3.8) is 0 Å². The molecule has 1 amide bonds. The molecular formula is C9H17ClF2N2O2. The van der Waals surface area contributed by atoms with E-state index in [1.165, 1.54) is 7.05 Å². The fraction of sp³-hybridized carbons (Fsp3) is 0.889. The van der Waals surface area contributed by atoms with Crippen molar-refractivity contribution in [2.24, 2.45) is 0 Å². The van der Waals surface area contributed by atoms with Crippen LogP contribution >= 0.6 is 12.4 Å². The molecular weight excluding hydrogens is 242 g/mol. The van der Waals surface area contributed by atoms with Crippen LogP contribution in [0.3, 0.4) is 0 Å². The van der Waals surface area contributed by atoms with E-state index in [9.17, 15) is 13.6 Å². The lowest BCUT2D eigenvalue weighted by atomic mass is 10.2. The van der Waals surface area contributed by atoms with Crippen LogP contribution in [0.2, 0.25) is 0 Å². The molecule has 7 heteroatoms. The summed E-state index contributed by atoms with van der Waals surface area (Å²) in [6, 6.07) is 0. The summed E-state index contributed by atoms with van der Waals surface area (Å²) in [6.45, 7) is 1.43. The third-order valence-corrected chi connectivity index (χ3v) is 2.24. The molecule has 1 unspecified atom stereocenters. The van der Waals surface area contributed by atoms with Gasteiger partial charge in [-0.15, -0.1) is 12.4 Å². The lowest BCUT2D eigenvalue weighted by Crippen LogP contribution is -2.42. The second kappa shape index (κ2) is 7.76. The van der Waals surface area contributed by atoms with Crippen molar-refractivity contribution in [2.45, 2.75) is 19.0 Å². The van der Waals surface area contributed by atoms with Crippen molar-refractivity contribution in [3.05, 3.63) is 0 Å². The van der Waals surface area contributed by atoms with Crippen molar-refractivity contribution in [1.29, 1.82) is 0 Å². The quantitative estimate of drug-likeness (QED) is 0.799. The monoisotopic (exact) mass is 258 g/mol. The van der Waals surface area contributed by atoms with Gasteiger partial charge in [-0.1, -0.05) is 0 Å². The van der Waals surface area contributed by atoms with Gasteiger partial charge in [0.1, 0.15) is 0 Å². The summed E-state index contributed by atoms with van der Waals surface area (Å²) in [5.41, 5.74) is 0. The summed E-state index contributed by atoms with van der Waals surface area (Å²) in [4.78, 5) is 12.5. The molecule has 1 heterocycles. The standard InChI is InChI=1S/C9H16F2N2O2.ClH/c1-13(6-8(10)11)9(14)4-7-5-12-2-3-15-7;/h7-8,12H,2-6H2,1H3;1H. The molecule has 4 nitrogen and oxygen atoms in total. The summed E-state index contributed by atoms with van der Waals surface area (Å²) in [5.74, 6) is -0.302. The van der Waals surface area contributed by atoms with Crippen LogP contribution in [0.1, 0.15) is 6.42 Å². The molecule has 0 aromatic rings. The summed E-state index contributed by atoms with van der Waals surface area (Å²) in [6.07, 6.45) is -2.51. The number of hydrogen-bond donors (Lipinski definition) is 1. The number of nitrogens with zero attached hydrogens (tertiary/aromatic N) is 1. The third-order valence-electron chi connectivity index (χ3n) is 2.24. The van der Waals surface area contributed by atoms with Crippen LogP contribution in [0.4, 0.5) is 8.78 Å². The van der Waals surface area contributed by atoms with Crippen molar-refractivity contribution in [1.82, 2.24) is 10.2 Å². The SMILES string of the molecule is CN(CC(F)F)C(=O)CC1CNCCO1.Cl. The van der Waals surface area contributed by atoms with E-state index < -0.39 is 13.0 Å². The third kappa shape index (κ3) is 5.58. The van der Waals surface area contributed by atoms with E-state index in [1.807, 2.05) is 0 Å². The van der Waals surface area contributed by atoms with Gasteiger partial charge >= 0.3 is 0 Å². The largest absolute Gasteiger partial charge is 0.375 e.